The SMILES string of the molecule is CC#CCn1cc2c3c(cccc31)C1=C[C@@H](C(=O)N(CC)CC)CN[C@@H]1C2. The first-order valence-electron chi connectivity index (χ1n) is 9.92. The van der Waals surface area contributed by atoms with E-state index in [9.17, 15) is 4.79 Å². The normalized spacial score (nSPS) is 20.5. The van der Waals surface area contributed by atoms with Gasteiger partial charge in [0.15, 0.2) is 0 Å². The van der Waals surface area contributed by atoms with Crippen LogP contribution in [-0.4, -0.2) is 41.1 Å². The summed E-state index contributed by atoms with van der Waals surface area (Å²) in [5, 5.41) is 4.97. The van der Waals surface area contributed by atoms with E-state index in [1.165, 1.54) is 27.6 Å². The molecule has 0 saturated heterocycles. The quantitative estimate of drug-likeness (QED) is 0.850. The molecule has 1 aliphatic carbocycles. The van der Waals surface area contributed by atoms with Crippen LogP contribution in [0.5, 0.6) is 0 Å². The molecule has 1 aliphatic heterocycles. The van der Waals surface area contributed by atoms with Gasteiger partial charge in [0.05, 0.1) is 12.5 Å². The first-order chi connectivity index (χ1) is 13.2. The van der Waals surface area contributed by atoms with E-state index in [2.05, 4.69) is 52.2 Å². The minimum atomic E-state index is -0.0824. The lowest BCUT2D eigenvalue weighted by atomic mass is 9.80. The molecule has 140 valence electrons. The van der Waals surface area contributed by atoms with Gasteiger partial charge in [0.25, 0.3) is 0 Å². The summed E-state index contributed by atoms with van der Waals surface area (Å²) < 4.78 is 2.25. The fourth-order valence-corrected chi connectivity index (χ4v) is 4.51. The molecule has 27 heavy (non-hydrogen) atoms. The molecule has 4 nitrogen and oxygen atoms in total. The van der Waals surface area contributed by atoms with Gasteiger partial charge in [0.1, 0.15) is 0 Å². The Morgan fingerprint density at radius 2 is 2.15 bits per heavy atom. The van der Waals surface area contributed by atoms with E-state index in [0.29, 0.717) is 0 Å². The van der Waals surface area contributed by atoms with Crippen LogP contribution in [0.4, 0.5) is 0 Å². The molecule has 2 atom stereocenters. The van der Waals surface area contributed by atoms with E-state index < -0.39 is 0 Å². The van der Waals surface area contributed by atoms with Gasteiger partial charge in [0, 0.05) is 42.8 Å². The third-order valence-corrected chi connectivity index (χ3v) is 5.88. The van der Waals surface area contributed by atoms with Gasteiger partial charge in [-0.1, -0.05) is 24.1 Å². The van der Waals surface area contributed by atoms with Crippen LogP contribution in [0.3, 0.4) is 0 Å². The number of carbonyl (C=O) groups is 1. The third kappa shape index (κ3) is 2.96. The van der Waals surface area contributed by atoms with E-state index in [1.807, 2.05) is 25.7 Å². The van der Waals surface area contributed by atoms with Crippen molar-refractivity contribution in [2.45, 2.75) is 39.8 Å². The fourth-order valence-electron chi connectivity index (χ4n) is 4.51. The third-order valence-electron chi connectivity index (χ3n) is 5.88. The number of nitrogens with one attached hydrogen (secondary N) is 1. The van der Waals surface area contributed by atoms with E-state index in [0.717, 1.165) is 32.6 Å². The van der Waals surface area contributed by atoms with Crippen LogP contribution < -0.4 is 5.32 Å². The second-order valence-electron chi connectivity index (χ2n) is 7.31. The van der Waals surface area contributed by atoms with E-state index in [1.54, 1.807) is 0 Å². The minimum Gasteiger partial charge on any atom is -0.343 e. The van der Waals surface area contributed by atoms with Crippen molar-refractivity contribution in [3.63, 3.8) is 0 Å². The Kier molecular flexibility index (Phi) is 4.80. The number of hydrogen-bond acceptors (Lipinski definition) is 2. The molecule has 0 bridgehead atoms. The largest absolute Gasteiger partial charge is 0.343 e. The lowest BCUT2D eigenvalue weighted by molar-refractivity contribution is -0.133. The number of rotatable bonds is 4. The number of aromatic nitrogens is 1. The van der Waals surface area contributed by atoms with Crippen LogP contribution in [0, 0.1) is 17.8 Å². The standard InChI is InChI=1S/C23H27N3O/c1-4-7-11-26-15-17-13-20-19(18-9-8-10-21(26)22(17)18)12-16(14-24-20)23(27)25(5-2)6-3/h8-10,12,15-16,20,24H,5-6,11,13-14H2,1-3H3/t16-,20-/m1/s1. The van der Waals surface area contributed by atoms with Crippen LogP contribution in [0.1, 0.15) is 31.9 Å². The molecule has 4 rings (SSSR count). The average molecular weight is 361 g/mol. The summed E-state index contributed by atoms with van der Waals surface area (Å²) in [5.41, 5.74) is 5.17. The van der Waals surface area contributed by atoms with Crippen molar-refractivity contribution >= 4 is 22.4 Å². The smallest absolute Gasteiger partial charge is 0.230 e. The zero-order valence-electron chi connectivity index (χ0n) is 16.4. The summed E-state index contributed by atoms with van der Waals surface area (Å²) in [7, 11) is 0. The molecule has 4 heteroatoms. The molecule has 2 aromatic rings. The Morgan fingerprint density at radius 1 is 1.33 bits per heavy atom. The van der Waals surface area contributed by atoms with Crippen molar-refractivity contribution in [1.82, 2.24) is 14.8 Å². The monoisotopic (exact) mass is 361 g/mol. The molecular weight excluding hydrogens is 334 g/mol. The van der Waals surface area contributed by atoms with Gasteiger partial charge < -0.3 is 14.8 Å². The van der Waals surface area contributed by atoms with Crippen molar-refractivity contribution in [2.24, 2.45) is 5.92 Å². The van der Waals surface area contributed by atoms with Crippen molar-refractivity contribution in [3.8, 4) is 11.8 Å². The second-order valence-corrected chi connectivity index (χ2v) is 7.31. The van der Waals surface area contributed by atoms with Crippen molar-refractivity contribution in [3.05, 3.63) is 41.6 Å². The van der Waals surface area contributed by atoms with E-state index >= 15 is 0 Å². The first-order valence-corrected chi connectivity index (χ1v) is 9.92. The maximum Gasteiger partial charge on any atom is 0.230 e. The Bertz CT molecular complexity index is 969. The summed E-state index contributed by atoms with van der Waals surface area (Å²) >= 11 is 0. The Labute approximate surface area is 161 Å². The van der Waals surface area contributed by atoms with Crippen molar-refractivity contribution < 1.29 is 4.79 Å². The zero-order valence-corrected chi connectivity index (χ0v) is 16.4. The molecular formula is C23H27N3O. The minimum absolute atomic E-state index is 0.0824. The highest BCUT2D eigenvalue weighted by Gasteiger charge is 2.33. The van der Waals surface area contributed by atoms with E-state index in [4.69, 9.17) is 0 Å². The molecule has 0 saturated carbocycles. The number of benzene rings is 1. The molecule has 1 aromatic heterocycles. The molecule has 1 amide bonds. The van der Waals surface area contributed by atoms with E-state index in [-0.39, 0.29) is 17.9 Å². The molecule has 0 fully saturated rings. The molecule has 2 aliphatic rings. The summed E-state index contributed by atoms with van der Waals surface area (Å²) in [5.74, 6) is 6.31. The lowest BCUT2D eigenvalue weighted by Gasteiger charge is -2.34. The topological polar surface area (TPSA) is 37.3 Å². The fraction of sp³-hybridized carbons (Fsp3) is 0.435. The number of carbonyl (C=O) groups excluding carboxylic acids is 1. The number of nitrogens with zero attached hydrogens (tertiary/aromatic N) is 2. The van der Waals surface area contributed by atoms with Gasteiger partial charge in [-0.05, 0) is 50.0 Å². The van der Waals surface area contributed by atoms with Gasteiger partial charge in [0.2, 0.25) is 5.91 Å². The Balaban J connectivity index is 1.77. The molecule has 0 radical (unpaired) electrons. The van der Waals surface area contributed by atoms with Gasteiger partial charge in [-0.2, -0.15) is 0 Å². The average Bonchev–Trinajstić information content (AvgIpc) is 3.06. The molecule has 1 aromatic carbocycles. The van der Waals surface area contributed by atoms with Crippen LogP contribution in [0.15, 0.2) is 30.5 Å². The summed E-state index contributed by atoms with van der Waals surface area (Å²) in [6.45, 7) is 8.94. The van der Waals surface area contributed by atoms with Crippen molar-refractivity contribution in [1.29, 1.82) is 0 Å². The molecule has 0 spiro atoms. The van der Waals surface area contributed by atoms with Gasteiger partial charge in [-0.15, -0.1) is 5.92 Å². The van der Waals surface area contributed by atoms with Gasteiger partial charge in [-0.25, -0.2) is 0 Å². The molecule has 1 N–H and O–H groups in total. The second kappa shape index (κ2) is 7.25. The predicted molar refractivity (Wildman–Crippen MR) is 110 cm³/mol. The highest BCUT2D eigenvalue weighted by atomic mass is 16.2. The summed E-state index contributed by atoms with van der Waals surface area (Å²) in [4.78, 5) is 14.8. The predicted octanol–water partition coefficient (Wildman–Crippen LogP) is 3.06. The highest BCUT2D eigenvalue weighted by Crippen LogP contribution is 2.39. The van der Waals surface area contributed by atoms with Crippen molar-refractivity contribution in [2.75, 3.05) is 19.6 Å². The van der Waals surface area contributed by atoms with Crippen LogP contribution in [0.25, 0.3) is 16.5 Å². The summed E-state index contributed by atoms with van der Waals surface area (Å²) in [6.07, 6.45) is 5.45. The Morgan fingerprint density at radius 3 is 2.89 bits per heavy atom. The Hall–Kier alpha value is -2.51. The van der Waals surface area contributed by atoms with Crippen LogP contribution in [0.2, 0.25) is 0 Å². The first kappa shape index (κ1) is 17.9. The lowest BCUT2D eigenvalue weighted by Crippen LogP contribution is -2.46. The van der Waals surface area contributed by atoms with Crippen LogP contribution in [-0.2, 0) is 17.8 Å². The maximum absolute atomic E-state index is 12.9. The molecule has 2 heterocycles. The maximum atomic E-state index is 12.9. The number of amides is 1. The number of hydrogen-bond donors (Lipinski definition) is 1. The van der Waals surface area contributed by atoms with Crippen LogP contribution >= 0.6 is 0 Å². The zero-order chi connectivity index (χ0) is 19.0. The van der Waals surface area contributed by atoms with Gasteiger partial charge >= 0.3 is 0 Å². The molecule has 0 unspecified atom stereocenters. The highest BCUT2D eigenvalue weighted by molar-refractivity contribution is 5.99. The van der Waals surface area contributed by atoms with Gasteiger partial charge in [-0.3, -0.25) is 4.79 Å². The summed E-state index contributed by atoms with van der Waals surface area (Å²) in [6, 6.07) is 6.79. The number of fused-ring (bicyclic) bond motifs is 2.